The molecule has 0 atom stereocenters. The van der Waals surface area contributed by atoms with Crippen molar-refractivity contribution in [3.63, 3.8) is 0 Å². The van der Waals surface area contributed by atoms with E-state index >= 15 is 0 Å². The molecule has 3 heteroatoms. The molecule has 2 nitrogen and oxygen atoms in total. The van der Waals surface area contributed by atoms with Gasteiger partial charge in [0.2, 0.25) is 5.91 Å². The van der Waals surface area contributed by atoms with Crippen molar-refractivity contribution in [2.45, 2.75) is 38.1 Å². The molecule has 1 N–H and O–H groups in total. The fourth-order valence-electron chi connectivity index (χ4n) is 0.939. The van der Waals surface area contributed by atoms with Crippen molar-refractivity contribution in [3.8, 4) is 0 Å². The lowest BCUT2D eigenvalue weighted by atomic mass is 10.2. The Balaban J connectivity index is 2.11. The highest BCUT2D eigenvalue weighted by atomic mass is 35.5. The Morgan fingerprint density at radius 1 is 1.64 bits per heavy atom. The summed E-state index contributed by atoms with van der Waals surface area (Å²) in [6.07, 6.45) is 3.60. The van der Waals surface area contributed by atoms with E-state index in [0.29, 0.717) is 12.3 Å². The largest absolute Gasteiger partial charge is 0.351 e. The maximum absolute atomic E-state index is 11.1. The monoisotopic (exact) mass is 175 g/mol. The highest BCUT2D eigenvalue weighted by Gasteiger charge is 2.38. The predicted molar refractivity (Wildman–Crippen MR) is 45.7 cm³/mol. The van der Waals surface area contributed by atoms with Crippen LogP contribution in [-0.2, 0) is 4.79 Å². The Bertz CT molecular complexity index is 154. The van der Waals surface area contributed by atoms with E-state index in [1.807, 2.05) is 0 Å². The molecule has 1 saturated carbocycles. The topological polar surface area (TPSA) is 29.1 Å². The van der Waals surface area contributed by atoms with Crippen LogP contribution in [0.25, 0.3) is 0 Å². The molecule has 0 heterocycles. The summed E-state index contributed by atoms with van der Waals surface area (Å²) in [7, 11) is 0. The van der Waals surface area contributed by atoms with Crippen LogP contribution in [0.5, 0.6) is 0 Å². The Morgan fingerprint density at radius 3 is 2.73 bits per heavy atom. The van der Waals surface area contributed by atoms with Crippen LogP contribution in [0.3, 0.4) is 0 Å². The quantitative estimate of drug-likeness (QED) is 0.648. The minimum atomic E-state index is 0.128. The van der Waals surface area contributed by atoms with Gasteiger partial charge >= 0.3 is 0 Å². The minimum absolute atomic E-state index is 0.128. The van der Waals surface area contributed by atoms with Gasteiger partial charge in [-0.2, -0.15) is 0 Å². The van der Waals surface area contributed by atoms with Gasteiger partial charge in [0.05, 0.1) is 0 Å². The van der Waals surface area contributed by atoms with Crippen LogP contribution >= 0.6 is 11.6 Å². The smallest absolute Gasteiger partial charge is 0.220 e. The molecule has 11 heavy (non-hydrogen) atoms. The Morgan fingerprint density at radius 2 is 2.27 bits per heavy atom. The summed E-state index contributed by atoms with van der Waals surface area (Å²) < 4.78 is 0. The van der Waals surface area contributed by atoms with Gasteiger partial charge in [-0.3, -0.25) is 4.79 Å². The van der Waals surface area contributed by atoms with Gasteiger partial charge in [0.25, 0.3) is 0 Å². The molecular weight excluding hydrogens is 162 g/mol. The number of alkyl halides is 1. The van der Waals surface area contributed by atoms with Crippen molar-refractivity contribution in [2.24, 2.45) is 0 Å². The van der Waals surface area contributed by atoms with E-state index < -0.39 is 0 Å². The van der Waals surface area contributed by atoms with Gasteiger partial charge in [-0.05, 0) is 26.2 Å². The van der Waals surface area contributed by atoms with Crippen molar-refractivity contribution in [1.29, 1.82) is 0 Å². The lowest BCUT2D eigenvalue weighted by Crippen LogP contribution is -2.33. The molecule has 1 aliphatic carbocycles. The first-order chi connectivity index (χ1) is 5.16. The minimum Gasteiger partial charge on any atom is -0.351 e. The van der Waals surface area contributed by atoms with Crippen molar-refractivity contribution in [1.82, 2.24) is 5.32 Å². The highest BCUT2D eigenvalue weighted by Crippen LogP contribution is 2.34. The van der Waals surface area contributed by atoms with E-state index in [1.165, 1.54) is 0 Å². The van der Waals surface area contributed by atoms with Gasteiger partial charge in [0.1, 0.15) is 0 Å². The van der Waals surface area contributed by atoms with Crippen LogP contribution < -0.4 is 5.32 Å². The van der Waals surface area contributed by atoms with E-state index in [0.717, 1.165) is 19.3 Å². The molecule has 64 valence electrons. The molecular formula is C8H14ClNO. The molecule has 0 saturated heterocycles. The Hall–Kier alpha value is -0.240. The normalized spacial score (nSPS) is 19.5. The van der Waals surface area contributed by atoms with Crippen molar-refractivity contribution < 1.29 is 4.79 Å². The second-order valence-corrected chi connectivity index (χ2v) is 3.78. The molecule has 0 aromatic rings. The second-order valence-electron chi connectivity index (χ2n) is 3.40. The number of amides is 1. The number of hydrogen-bond donors (Lipinski definition) is 1. The number of carbonyl (C=O) groups excluding carboxylic acids is 1. The molecule has 1 aliphatic rings. The molecule has 0 aliphatic heterocycles. The van der Waals surface area contributed by atoms with Gasteiger partial charge in [-0.15, -0.1) is 11.6 Å². The highest BCUT2D eigenvalue weighted by molar-refractivity contribution is 6.17. The Labute approximate surface area is 72.3 Å². The molecule has 0 aromatic carbocycles. The predicted octanol–water partition coefficient (Wildman–Crippen LogP) is 1.67. The number of hydrogen-bond acceptors (Lipinski definition) is 1. The summed E-state index contributed by atoms with van der Waals surface area (Å²) >= 11 is 5.45. The first-order valence-corrected chi connectivity index (χ1v) is 4.57. The third-order valence-corrected chi connectivity index (χ3v) is 2.25. The molecule has 1 amide bonds. The fourth-order valence-corrected chi connectivity index (χ4v) is 1.07. The summed E-state index contributed by atoms with van der Waals surface area (Å²) in [5, 5.41) is 2.97. The maximum Gasteiger partial charge on any atom is 0.220 e. The number of halogens is 1. The summed E-state index contributed by atoms with van der Waals surface area (Å²) in [6, 6.07) is 0. The van der Waals surface area contributed by atoms with Crippen LogP contribution in [0.4, 0.5) is 0 Å². The summed E-state index contributed by atoms with van der Waals surface area (Å²) in [4.78, 5) is 11.1. The van der Waals surface area contributed by atoms with Gasteiger partial charge in [-0.25, -0.2) is 0 Å². The first-order valence-electron chi connectivity index (χ1n) is 4.03. The van der Waals surface area contributed by atoms with Crippen LogP contribution in [0.1, 0.15) is 32.6 Å². The average Bonchev–Trinajstić information content (AvgIpc) is 2.63. The second kappa shape index (κ2) is 3.44. The van der Waals surface area contributed by atoms with E-state index in [9.17, 15) is 4.79 Å². The van der Waals surface area contributed by atoms with E-state index in [2.05, 4.69) is 12.2 Å². The fraction of sp³-hybridized carbons (Fsp3) is 0.875. The van der Waals surface area contributed by atoms with Gasteiger partial charge < -0.3 is 5.32 Å². The molecule has 0 spiro atoms. The lowest BCUT2D eigenvalue weighted by Gasteiger charge is -2.10. The lowest BCUT2D eigenvalue weighted by molar-refractivity contribution is -0.121. The molecule has 0 bridgehead atoms. The first kappa shape index (κ1) is 8.85. The van der Waals surface area contributed by atoms with Crippen molar-refractivity contribution in [2.75, 3.05) is 5.88 Å². The summed E-state index contributed by atoms with van der Waals surface area (Å²) in [5.74, 6) is 0.718. The van der Waals surface area contributed by atoms with Crippen molar-refractivity contribution in [3.05, 3.63) is 0 Å². The van der Waals surface area contributed by atoms with E-state index in [4.69, 9.17) is 11.6 Å². The number of nitrogens with one attached hydrogen (secondary N) is 1. The number of rotatable bonds is 4. The summed E-state index contributed by atoms with van der Waals surface area (Å²) in [6.45, 7) is 2.07. The van der Waals surface area contributed by atoms with Gasteiger partial charge in [-0.1, -0.05) is 0 Å². The zero-order chi connectivity index (χ0) is 8.32. The maximum atomic E-state index is 11.1. The molecule has 0 unspecified atom stereocenters. The van der Waals surface area contributed by atoms with Gasteiger partial charge in [0, 0.05) is 17.8 Å². The average molecular weight is 176 g/mol. The van der Waals surface area contributed by atoms with Crippen LogP contribution in [0.2, 0.25) is 0 Å². The molecule has 1 rings (SSSR count). The molecule has 0 aromatic heterocycles. The number of carbonyl (C=O) groups is 1. The van der Waals surface area contributed by atoms with Crippen LogP contribution in [0, 0.1) is 0 Å². The third kappa shape index (κ3) is 3.10. The van der Waals surface area contributed by atoms with Crippen molar-refractivity contribution >= 4 is 17.5 Å². The van der Waals surface area contributed by atoms with Crippen LogP contribution in [-0.4, -0.2) is 17.3 Å². The van der Waals surface area contributed by atoms with E-state index in [1.54, 1.807) is 0 Å². The van der Waals surface area contributed by atoms with Gasteiger partial charge in [0.15, 0.2) is 0 Å². The zero-order valence-corrected chi connectivity index (χ0v) is 7.58. The zero-order valence-electron chi connectivity index (χ0n) is 6.82. The summed E-state index contributed by atoms with van der Waals surface area (Å²) in [5.41, 5.74) is 0.128. The van der Waals surface area contributed by atoms with Crippen LogP contribution in [0.15, 0.2) is 0 Å². The standard InChI is InChI=1S/C8H14ClNO/c1-8(4-5-8)10-7(11)3-2-6-9/h2-6H2,1H3,(H,10,11). The third-order valence-electron chi connectivity index (χ3n) is 1.98. The Kier molecular flexibility index (Phi) is 2.77. The molecule has 1 fully saturated rings. The van der Waals surface area contributed by atoms with E-state index in [-0.39, 0.29) is 11.4 Å². The SMILES string of the molecule is CC1(NC(=O)CCCCl)CC1. The molecule has 0 radical (unpaired) electrons.